The van der Waals surface area contributed by atoms with E-state index in [-0.39, 0.29) is 25.2 Å². The number of carbonyl (C=O) groups excluding carboxylic acids is 2. The Balaban J connectivity index is 1.99. The van der Waals surface area contributed by atoms with E-state index < -0.39 is 6.10 Å². The number of rotatable bonds is 14. The Morgan fingerprint density at radius 2 is 1.59 bits per heavy atom. The Morgan fingerprint density at radius 1 is 1.00 bits per heavy atom. The van der Waals surface area contributed by atoms with Crippen LogP contribution in [0.3, 0.4) is 0 Å². The van der Waals surface area contributed by atoms with Crippen molar-refractivity contribution in [3.8, 4) is 5.75 Å². The predicted molar refractivity (Wildman–Crippen MR) is 103 cm³/mol. The van der Waals surface area contributed by atoms with Crippen LogP contribution in [0.4, 0.5) is 0 Å². The molecule has 0 radical (unpaired) electrons. The number of halogens is 1. The molecule has 27 heavy (non-hydrogen) atoms. The average molecular weight is 399 g/mol. The van der Waals surface area contributed by atoms with E-state index in [0.29, 0.717) is 30.0 Å². The maximum absolute atomic E-state index is 11.6. The molecule has 0 saturated carbocycles. The minimum atomic E-state index is -0.889. The minimum Gasteiger partial charge on any atom is -0.491 e. The van der Waals surface area contributed by atoms with Gasteiger partial charge in [0.05, 0.1) is 6.26 Å². The summed E-state index contributed by atoms with van der Waals surface area (Å²) in [6.45, 7) is 3.26. The van der Waals surface area contributed by atoms with Crippen molar-refractivity contribution in [3.05, 3.63) is 42.1 Å². The fraction of sp³-hybridized carbons (Fsp3) is 0.500. The Labute approximate surface area is 165 Å². The molecule has 6 nitrogen and oxygen atoms in total. The number of hydrogen-bond donors (Lipinski definition) is 1. The maximum Gasteiger partial charge on any atom is 0.310 e. The molecule has 0 amide bonds. The lowest BCUT2D eigenvalue weighted by Gasteiger charge is -2.13. The molecule has 1 N–H and O–H groups in total. The first-order chi connectivity index (χ1) is 13.0. The van der Waals surface area contributed by atoms with E-state index in [1.807, 2.05) is 0 Å². The molecule has 0 aliphatic rings. The van der Waals surface area contributed by atoms with Crippen molar-refractivity contribution in [3.63, 3.8) is 0 Å². The van der Waals surface area contributed by atoms with Gasteiger partial charge < -0.3 is 19.3 Å². The third-order valence-corrected chi connectivity index (χ3v) is 3.92. The fourth-order valence-electron chi connectivity index (χ4n) is 2.25. The smallest absolute Gasteiger partial charge is 0.310 e. The van der Waals surface area contributed by atoms with Crippen LogP contribution < -0.4 is 4.74 Å². The lowest BCUT2D eigenvalue weighted by Crippen LogP contribution is -2.25. The summed E-state index contributed by atoms with van der Waals surface area (Å²) in [4.78, 5) is 22.7. The minimum absolute atomic E-state index is 0.0310. The zero-order valence-corrected chi connectivity index (χ0v) is 16.2. The number of aliphatic hydroxyl groups is 1. The molecule has 0 aromatic heterocycles. The van der Waals surface area contributed by atoms with Gasteiger partial charge in [-0.15, -0.1) is 0 Å². The molecule has 0 spiro atoms. The molecular weight excluding hydrogens is 372 g/mol. The fourth-order valence-corrected chi connectivity index (χ4v) is 2.38. The number of ether oxygens (including phenoxy) is 3. The summed E-state index contributed by atoms with van der Waals surface area (Å²) in [6.07, 6.45) is 5.13. The molecule has 0 bridgehead atoms. The maximum atomic E-state index is 11.6. The van der Waals surface area contributed by atoms with Crippen LogP contribution in [0.15, 0.2) is 37.1 Å². The van der Waals surface area contributed by atoms with Crippen LogP contribution in [-0.2, 0) is 19.1 Å². The van der Waals surface area contributed by atoms with Crippen molar-refractivity contribution in [1.29, 1.82) is 0 Å². The summed E-state index contributed by atoms with van der Waals surface area (Å²) in [7, 11) is 0. The summed E-state index contributed by atoms with van der Waals surface area (Å²) in [5, 5.41) is 10.4. The quantitative estimate of drug-likeness (QED) is 0.289. The first-order valence-electron chi connectivity index (χ1n) is 9.03. The molecule has 1 aromatic carbocycles. The molecule has 1 rings (SSSR count). The predicted octanol–water partition coefficient (Wildman–Crippen LogP) is 4.04. The Hall–Kier alpha value is -2.05. The van der Waals surface area contributed by atoms with Gasteiger partial charge in [-0.2, -0.15) is 0 Å². The third kappa shape index (κ3) is 12.0. The molecule has 0 saturated heterocycles. The molecule has 1 atom stereocenters. The van der Waals surface area contributed by atoms with Crippen LogP contribution in [0, 0.1) is 0 Å². The molecule has 0 aliphatic carbocycles. The second-order valence-corrected chi connectivity index (χ2v) is 6.46. The molecule has 1 unspecified atom stereocenters. The van der Waals surface area contributed by atoms with Crippen LogP contribution in [0.5, 0.6) is 5.75 Å². The van der Waals surface area contributed by atoms with Crippen molar-refractivity contribution in [2.45, 2.75) is 51.0 Å². The lowest BCUT2D eigenvalue weighted by molar-refractivity contribution is -0.147. The monoisotopic (exact) mass is 398 g/mol. The summed E-state index contributed by atoms with van der Waals surface area (Å²) in [6, 6.07) is 6.78. The molecule has 0 aliphatic heterocycles. The van der Waals surface area contributed by atoms with Crippen molar-refractivity contribution < 1.29 is 28.9 Å². The summed E-state index contributed by atoms with van der Waals surface area (Å²) < 4.78 is 15.0. The second kappa shape index (κ2) is 14.1. The summed E-state index contributed by atoms with van der Waals surface area (Å²) >= 11 is 5.78. The highest BCUT2D eigenvalue weighted by atomic mass is 35.5. The Morgan fingerprint density at radius 3 is 2.22 bits per heavy atom. The van der Waals surface area contributed by atoms with E-state index in [2.05, 4.69) is 11.3 Å². The molecule has 150 valence electrons. The third-order valence-electron chi connectivity index (χ3n) is 3.67. The van der Waals surface area contributed by atoms with Crippen molar-refractivity contribution in [2.75, 3.05) is 13.2 Å². The second-order valence-electron chi connectivity index (χ2n) is 6.03. The van der Waals surface area contributed by atoms with E-state index >= 15 is 0 Å². The van der Waals surface area contributed by atoms with Crippen molar-refractivity contribution in [2.24, 2.45) is 0 Å². The highest BCUT2D eigenvalue weighted by molar-refractivity contribution is 6.30. The first-order valence-corrected chi connectivity index (χ1v) is 9.41. The van der Waals surface area contributed by atoms with Crippen LogP contribution in [0.2, 0.25) is 5.02 Å². The van der Waals surface area contributed by atoms with Gasteiger partial charge in [-0.25, -0.2) is 0 Å². The first kappa shape index (κ1) is 23.0. The van der Waals surface area contributed by atoms with E-state index in [9.17, 15) is 14.7 Å². The van der Waals surface area contributed by atoms with E-state index in [0.717, 1.165) is 31.9 Å². The van der Waals surface area contributed by atoms with Crippen LogP contribution >= 0.6 is 11.6 Å². The average Bonchev–Trinajstić information content (AvgIpc) is 2.65. The van der Waals surface area contributed by atoms with Crippen LogP contribution in [0.25, 0.3) is 0 Å². The van der Waals surface area contributed by atoms with Gasteiger partial charge in [0.15, 0.2) is 0 Å². The number of carbonyl (C=O) groups is 2. The van der Waals surface area contributed by atoms with Gasteiger partial charge in [0.1, 0.15) is 25.1 Å². The summed E-state index contributed by atoms with van der Waals surface area (Å²) in [5.74, 6) is -0.0233. The molecule has 1 aromatic rings. The highest BCUT2D eigenvalue weighted by Gasteiger charge is 2.10. The topological polar surface area (TPSA) is 82.1 Å². The van der Waals surface area contributed by atoms with Crippen LogP contribution in [0.1, 0.15) is 44.9 Å². The van der Waals surface area contributed by atoms with Gasteiger partial charge >= 0.3 is 11.9 Å². The standard InChI is InChI=1S/C20H27ClO6/c1-2-25-19(23)8-6-4-3-5-7-9-20(24)27-15-17(22)14-26-18-12-10-16(21)11-13-18/h2,10-13,17,22H,1,3-9,14-15H2. The number of esters is 2. The number of aliphatic hydroxyl groups excluding tert-OH is 1. The van der Waals surface area contributed by atoms with Crippen molar-refractivity contribution in [1.82, 2.24) is 0 Å². The number of benzene rings is 1. The Kier molecular flexibility index (Phi) is 12.0. The molecular formula is C20H27ClO6. The van der Waals surface area contributed by atoms with Gasteiger partial charge in [0.2, 0.25) is 0 Å². The lowest BCUT2D eigenvalue weighted by atomic mass is 10.1. The van der Waals surface area contributed by atoms with Crippen LogP contribution in [-0.4, -0.2) is 36.4 Å². The van der Waals surface area contributed by atoms with Crippen molar-refractivity contribution >= 4 is 23.5 Å². The van der Waals surface area contributed by atoms with Gasteiger partial charge in [0, 0.05) is 17.9 Å². The van der Waals surface area contributed by atoms with Gasteiger partial charge in [0.25, 0.3) is 0 Å². The number of hydrogen-bond acceptors (Lipinski definition) is 6. The zero-order valence-electron chi connectivity index (χ0n) is 15.4. The zero-order chi connectivity index (χ0) is 19.9. The molecule has 0 fully saturated rings. The largest absolute Gasteiger partial charge is 0.491 e. The van der Waals surface area contributed by atoms with Gasteiger partial charge in [-0.05, 0) is 37.1 Å². The van der Waals surface area contributed by atoms with E-state index in [4.69, 9.17) is 21.1 Å². The SMILES string of the molecule is C=COC(=O)CCCCCCCC(=O)OCC(O)COc1ccc(Cl)cc1. The summed E-state index contributed by atoms with van der Waals surface area (Å²) in [5.41, 5.74) is 0. The Bertz CT molecular complexity index is 572. The molecule has 7 heteroatoms. The van der Waals surface area contributed by atoms with Gasteiger partial charge in [-0.3, -0.25) is 9.59 Å². The number of unbranched alkanes of at least 4 members (excludes halogenated alkanes) is 4. The highest BCUT2D eigenvalue weighted by Crippen LogP contribution is 2.15. The van der Waals surface area contributed by atoms with E-state index in [1.54, 1.807) is 24.3 Å². The molecule has 0 heterocycles. The van der Waals surface area contributed by atoms with E-state index in [1.165, 1.54) is 0 Å². The normalized spacial score (nSPS) is 11.5. The van der Waals surface area contributed by atoms with Gasteiger partial charge in [-0.1, -0.05) is 37.4 Å².